The van der Waals surface area contributed by atoms with Crippen molar-refractivity contribution in [3.63, 3.8) is 0 Å². The van der Waals surface area contributed by atoms with E-state index in [1.165, 1.54) is 0 Å². The van der Waals surface area contributed by atoms with E-state index in [2.05, 4.69) is 15.1 Å². The number of hydrogen-bond donors (Lipinski definition) is 0. The molecule has 0 aliphatic carbocycles. The Kier molecular flexibility index (Phi) is 7.29. The first-order valence-corrected chi connectivity index (χ1v) is 12.8. The summed E-state index contributed by atoms with van der Waals surface area (Å²) in [6, 6.07) is 7.52. The summed E-state index contributed by atoms with van der Waals surface area (Å²) in [5.74, 6) is -0.468. The number of halogens is 4. The molecule has 0 radical (unpaired) electrons. The van der Waals surface area contributed by atoms with Crippen LogP contribution in [0.3, 0.4) is 0 Å². The maximum Gasteiger partial charge on any atom is 0.435 e. The zero-order chi connectivity index (χ0) is 26.0. The number of alkyl halides is 3. The van der Waals surface area contributed by atoms with Gasteiger partial charge in [0.2, 0.25) is 5.88 Å². The van der Waals surface area contributed by atoms with Crippen LogP contribution in [0.15, 0.2) is 47.2 Å². The van der Waals surface area contributed by atoms with Crippen LogP contribution in [0.2, 0.25) is 5.02 Å². The summed E-state index contributed by atoms with van der Waals surface area (Å²) in [4.78, 5) is 31.4. The fourth-order valence-corrected chi connectivity index (χ4v) is 5.45. The second-order valence-corrected chi connectivity index (χ2v) is 9.91. The number of thiazole rings is 1. The minimum Gasteiger partial charge on any atom is -0.466 e. The zero-order valence-corrected chi connectivity index (χ0v) is 20.9. The van der Waals surface area contributed by atoms with Gasteiger partial charge >= 0.3 is 6.18 Å². The molecule has 3 aromatic rings. The van der Waals surface area contributed by atoms with Crippen molar-refractivity contribution in [1.82, 2.24) is 19.9 Å². The van der Waals surface area contributed by atoms with Gasteiger partial charge < -0.3 is 14.5 Å². The predicted octanol–water partition coefficient (Wildman–Crippen LogP) is 5.26. The second-order valence-electron chi connectivity index (χ2n) is 8.61. The van der Waals surface area contributed by atoms with E-state index in [4.69, 9.17) is 26.2 Å². The number of carbonyl (C=O) groups excluding carboxylic acids is 1. The third-order valence-electron chi connectivity index (χ3n) is 6.18. The van der Waals surface area contributed by atoms with Crippen LogP contribution in [0.25, 0.3) is 0 Å². The highest BCUT2D eigenvalue weighted by atomic mass is 35.5. The maximum atomic E-state index is 12.8. The quantitative estimate of drug-likeness (QED) is 0.415. The lowest BCUT2D eigenvalue weighted by Crippen LogP contribution is -2.40. The molecule has 1 unspecified atom stereocenters. The Morgan fingerprint density at radius 2 is 1.97 bits per heavy atom. The van der Waals surface area contributed by atoms with Gasteiger partial charge in [-0.25, -0.2) is 9.97 Å². The SMILES string of the molecule is O=C(COc1cncc(C(F)(F)F)n1)N1CCC(c2nc(C3=NOC(c4ccccc4Cl)C3)cs2)CC1. The average molecular weight is 552 g/mol. The van der Waals surface area contributed by atoms with Gasteiger partial charge in [-0.15, -0.1) is 11.3 Å². The largest absolute Gasteiger partial charge is 0.466 e. The minimum absolute atomic E-state index is 0.195. The molecule has 0 N–H and O–H groups in total. The molecule has 0 saturated carbocycles. The van der Waals surface area contributed by atoms with Crippen LogP contribution >= 0.6 is 22.9 Å². The van der Waals surface area contributed by atoms with E-state index in [0.29, 0.717) is 43.6 Å². The first kappa shape index (κ1) is 25.4. The van der Waals surface area contributed by atoms with Crippen molar-refractivity contribution in [2.24, 2.45) is 5.16 Å². The van der Waals surface area contributed by atoms with Crippen molar-refractivity contribution in [3.05, 3.63) is 69.0 Å². The third kappa shape index (κ3) is 5.85. The molecule has 2 aliphatic heterocycles. The van der Waals surface area contributed by atoms with Gasteiger partial charge in [-0.05, 0) is 18.9 Å². The minimum atomic E-state index is -4.64. The standard InChI is InChI=1S/C24H21ClF3N5O3S/c25-16-4-2-1-3-15(16)19-9-17(32-36-19)18-13-37-23(30-18)14-5-7-33(8-6-14)22(34)12-35-21-11-29-10-20(31-21)24(26,27)28/h1-4,10-11,13-14,19H,5-9,12H2. The zero-order valence-electron chi connectivity index (χ0n) is 19.3. The molecule has 37 heavy (non-hydrogen) atoms. The van der Waals surface area contributed by atoms with Crippen LogP contribution in [0.4, 0.5) is 13.2 Å². The highest BCUT2D eigenvalue weighted by Gasteiger charge is 2.34. The Bertz CT molecular complexity index is 1310. The number of nitrogens with zero attached hydrogens (tertiary/aromatic N) is 5. The molecule has 194 valence electrons. The summed E-state index contributed by atoms with van der Waals surface area (Å²) >= 11 is 7.84. The lowest BCUT2D eigenvalue weighted by Gasteiger charge is -2.31. The number of oxime groups is 1. The van der Waals surface area contributed by atoms with Crippen molar-refractivity contribution in [2.45, 2.75) is 37.5 Å². The van der Waals surface area contributed by atoms with Crippen LogP contribution in [-0.2, 0) is 15.8 Å². The number of piperidine rings is 1. The van der Waals surface area contributed by atoms with E-state index in [1.54, 1.807) is 16.2 Å². The Hall–Kier alpha value is -3.25. The molecular weight excluding hydrogens is 531 g/mol. The van der Waals surface area contributed by atoms with Gasteiger partial charge in [-0.1, -0.05) is 35.0 Å². The molecule has 1 saturated heterocycles. The predicted molar refractivity (Wildman–Crippen MR) is 130 cm³/mol. The monoisotopic (exact) mass is 551 g/mol. The molecule has 5 rings (SSSR count). The fraction of sp³-hybridized carbons (Fsp3) is 0.375. The molecule has 1 amide bonds. The molecule has 1 fully saturated rings. The molecule has 4 heterocycles. The summed E-state index contributed by atoms with van der Waals surface area (Å²) in [6.07, 6.45) is -1.22. The summed E-state index contributed by atoms with van der Waals surface area (Å²) in [6.45, 7) is 0.581. The number of likely N-dealkylation sites (tertiary alicyclic amines) is 1. The van der Waals surface area contributed by atoms with E-state index >= 15 is 0 Å². The van der Waals surface area contributed by atoms with Crippen molar-refractivity contribution < 1.29 is 27.5 Å². The first-order chi connectivity index (χ1) is 17.8. The average Bonchev–Trinajstić information content (AvgIpc) is 3.58. The Balaban J connectivity index is 1.12. The molecule has 8 nitrogen and oxygen atoms in total. The van der Waals surface area contributed by atoms with Crippen LogP contribution in [0.1, 0.15) is 53.2 Å². The smallest absolute Gasteiger partial charge is 0.435 e. The van der Waals surface area contributed by atoms with Crippen LogP contribution in [0.5, 0.6) is 5.88 Å². The highest BCUT2D eigenvalue weighted by Crippen LogP contribution is 2.35. The van der Waals surface area contributed by atoms with Gasteiger partial charge in [-0.2, -0.15) is 13.2 Å². The number of rotatable bonds is 6. The number of aromatic nitrogens is 3. The fourth-order valence-electron chi connectivity index (χ4n) is 4.20. The summed E-state index contributed by atoms with van der Waals surface area (Å²) in [5.41, 5.74) is 1.27. The topological polar surface area (TPSA) is 89.8 Å². The van der Waals surface area contributed by atoms with Crippen molar-refractivity contribution >= 4 is 34.6 Å². The van der Waals surface area contributed by atoms with Crippen molar-refractivity contribution in [3.8, 4) is 5.88 Å². The van der Waals surface area contributed by atoms with Gasteiger partial charge in [0.15, 0.2) is 18.4 Å². The third-order valence-corrected chi connectivity index (χ3v) is 7.53. The summed E-state index contributed by atoms with van der Waals surface area (Å²) < 4.78 is 43.5. The molecule has 1 atom stereocenters. The van der Waals surface area contributed by atoms with E-state index in [9.17, 15) is 18.0 Å². The molecule has 0 bridgehead atoms. The lowest BCUT2D eigenvalue weighted by molar-refractivity contribution is -0.141. The second kappa shape index (κ2) is 10.6. The number of carbonyl (C=O) groups is 1. The Morgan fingerprint density at radius 1 is 1.19 bits per heavy atom. The van der Waals surface area contributed by atoms with Gasteiger partial charge in [0, 0.05) is 41.4 Å². The van der Waals surface area contributed by atoms with E-state index < -0.39 is 18.5 Å². The molecule has 2 aromatic heterocycles. The van der Waals surface area contributed by atoms with Crippen LogP contribution in [-0.4, -0.2) is 51.2 Å². The molecule has 2 aliphatic rings. The maximum absolute atomic E-state index is 12.8. The Labute approximate surface area is 219 Å². The van der Waals surface area contributed by atoms with Gasteiger partial charge in [0.25, 0.3) is 5.91 Å². The van der Waals surface area contributed by atoms with E-state index in [1.807, 2.05) is 29.6 Å². The first-order valence-electron chi connectivity index (χ1n) is 11.5. The number of amides is 1. The summed E-state index contributed by atoms with van der Waals surface area (Å²) in [5, 5.41) is 7.80. The molecular formula is C24H21ClF3N5O3S. The molecule has 1 aromatic carbocycles. The number of ether oxygens (including phenoxy) is 1. The Morgan fingerprint density at radius 3 is 2.73 bits per heavy atom. The number of hydrogen-bond acceptors (Lipinski definition) is 8. The van der Waals surface area contributed by atoms with E-state index in [0.717, 1.165) is 28.2 Å². The summed E-state index contributed by atoms with van der Waals surface area (Å²) in [7, 11) is 0. The van der Waals surface area contributed by atoms with Crippen molar-refractivity contribution in [2.75, 3.05) is 19.7 Å². The van der Waals surface area contributed by atoms with Gasteiger partial charge in [0.05, 0.1) is 23.1 Å². The van der Waals surface area contributed by atoms with Crippen molar-refractivity contribution in [1.29, 1.82) is 0 Å². The van der Waals surface area contributed by atoms with Gasteiger partial charge in [0.1, 0.15) is 5.71 Å². The van der Waals surface area contributed by atoms with E-state index in [-0.39, 0.29) is 23.8 Å². The lowest BCUT2D eigenvalue weighted by atomic mass is 9.97. The van der Waals surface area contributed by atoms with Crippen LogP contribution < -0.4 is 4.74 Å². The number of benzene rings is 1. The van der Waals surface area contributed by atoms with Gasteiger partial charge in [-0.3, -0.25) is 9.78 Å². The molecule has 13 heteroatoms. The normalized spacial score (nSPS) is 18.4. The molecule has 0 spiro atoms. The van der Waals surface area contributed by atoms with Crippen LogP contribution in [0, 0.1) is 0 Å². The highest BCUT2D eigenvalue weighted by molar-refractivity contribution is 7.10.